The van der Waals surface area contributed by atoms with Crippen molar-refractivity contribution in [3.63, 3.8) is 0 Å². The van der Waals surface area contributed by atoms with E-state index in [-0.39, 0.29) is 29.3 Å². The Morgan fingerprint density at radius 3 is 2.27 bits per heavy atom. The van der Waals surface area contributed by atoms with Crippen LogP contribution in [-0.2, 0) is 9.84 Å². The van der Waals surface area contributed by atoms with E-state index in [1.54, 1.807) is 12.1 Å². The van der Waals surface area contributed by atoms with Gasteiger partial charge in [0.05, 0.1) is 11.5 Å². The van der Waals surface area contributed by atoms with Crippen molar-refractivity contribution >= 4 is 9.84 Å². The lowest BCUT2D eigenvalue weighted by Gasteiger charge is -2.13. The van der Waals surface area contributed by atoms with Gasteiger partial charge in [0.15, 0.2) is 9.84 Å². The Hall–Kier alpha value is -0.940. The Kier molecular flexibility index (Phi) is 2.52. The van der Waals surface area contributed by atoms with Gasteiger partial charge in [0, 0.05) is 12.0 Å². The van der Waals surface area contributed by atoms with Gasteiger partial charge in [0.25, 0.3) is 0 Å². The number of rotatable bonds is 1. The van der Waals surface area contributed by atoms with Crippen molar-refractivity contribution in [2.45, 2.75) is 12.0 Å². The Bertz CT molecular complexity index is 455. The van der Waals surface area contributed by atoms with Crippen LogP contribution >= 0.6 is 0 Å². The molecule has 1 saturated heterocycles. The molecule has 1 aromatic carbocycles. The molecule has 2 atom stereocenters. The molecule has 15 heavy (non-hydrogen) atoms. The monoisotopic (exact) mass is 229 g/mol. The minimum absolute atomic E-state index is 0.0229. The summed E-state index contributed by atoms with van der Waals surface area (Å²) < 4.78 is 35.3. The SMILES string of the molecule is NC1CS(=O)(=O)CC1c1ccc(F)cc1. The second-order valence-electron chi connectivity index (χ2n) is 3.90. The first kappa shape index (κ1) is 10.6. The van der Waals surface area contributed by atoms with E-state index >= 15 is 0 Å². The average molecular weight is 229 g/mol. The lowest BCUT2D eigenvalue weighted by atomic mass is 9.95. The highest BCUT2D eigenvalue weighted by molar-refractivity contribution is 7.91. The second-order valence-corrected chi connectivity index (χ2v) is 6.05. The molecule has 0 bridgehead atoms. The van der Waals surface area contributed by atoms with Gasteiger partial charge >= 0.3 is 0 Å². The molecule has 0 spiro atoms. The maximum atomic E-state index is 12.7. The normalized spacial score (nSPS) is 29.2. The van der Waals surface area contributed by atoms with Crippen LogP contribution in [-0.4, -0.2) is 26.0 Å². The highest BCUT2D eigenvalue weighted by Gasteiger charge is 2.35. The molecule has 2 N–H and O–H groups in total. The summed E-state index contributed by atoms with van der Waals surface area (Å²) in [5.74, 6) is -0.432. The fraction of sp³-hybridized carbons (Fsp3) is 0.400. The topological polar surface area (TPSA) is 60.2 Å². The summed E-state index contributed by atoms with van der Waals surface area (Å²) >= 11 is 0. The zero-order chi connectivity index (χ0) is 11.1. The van der Waals surface area contributed by atoms with E-state index < -0.39 is 9.84 Å². The fourth-order valence-electron chi connectivity index (χ4n) is 1.93. The van der Waals surface area contributed by atoms with Gasteiger partial charge in [-0.15, -0.1) is 0 Å². The van der Waals surface area contributed by atoms with E-state index in [1.807, 2.05) is 0 Å². The zero-order valence-electron chi connectivity index (χ0n) is 8.06. The number of halogens is 1. The quantitative estimate of drug-likeness (QED) is 0.769. The summed E-state index contributed by atoms with van der Waals surface area (Å²) in [6.45, 7) is 0. The molecule has 5 heteroatoms. The Morgan fingerprint density at radius 2 is 1.80 bits per heavy atom. The molecular weight excluding hydrogens is 217 g/mol. The van der Waals surface area contributed by atoms with Crippen LogP contribution in [0.1, 0.15) is 11.5 Å². The highest BCUT2D eigenvalue weighted by atomic mass is 32.2. The van der Waals surface area contributed by atoms with Crippen molar-refractivity contribution in [2.24, 2.45) is 5.73 Å². The zero-order valence-corrected chi connectivity index (χ0v) is 8.87. The van der Waals surface area contributed by atoms with E-state index in [0.717, 1.165) is 5.56 Å². The number of hydrogen-bond acceptors (Lipinski definition) is 3. The summed E-state index contributed by atoms with van der Waals surface area (Å²) in [6.07, 6.45) is 0. The Balaban J connectivity index is 2.29. The van der Waals surface area contributed by atoms with Crippen molar-refractivity contribution in [3.8, 4) is 0 Å². The Labute approximate surface area is 88.0 Å². The highest BCUT2D eigenvalue weighted by Crippen LogP contribution is 2.28. The fourth-order valence-corrected chi connectivity index (χ4v) is 3.87. The third-order valence-electron chi connectivity index (χ3n) is 2.69. The molecule has 1 aromatic rings. The van der Waals surface area contributed by atoms with Gasteiger partial charge in [-0.3, -0.25) is 0 Å². The minimum Gasteiger partial charge on any atom is -0.326 e. The second kappa shape index (κ2) is 3.57. The maximum absolute atomic E-state index is 12.7. The summed E-state index contributed by atoms with van der Waals surface area (Å²) in [6, 6.07) is 5.47. The summed E-state index contributed by atoms with van der Waals surface area (Å²) in [7, 11) is -3.02. The third kappa shape index (κ3) is 2.18. The summed E-state index contributed by atoms with van der Waals surface area (Å²) in [5.41, 5.74) is 6.55. The van der Waals surface area contributed by atoms with Crippen LogP contribution in [0.5, 0.6) is 0 Å². The molecule has 2 rings (SSSR count). The molecule has 0 aromatic heterocycles. The molecule has 1 heterocycles. The van der Waals surface area contributed by atoms with Gasteiger partial charge in [-0.05, 0) is 17.7 Å². The number of hydrogen-bond donors (Lipinski definition) is 1. The predicted molar refractivity (Wildman–Crippen MR) is 55.8 cm³/mol. The molecular formula is C10H12FNO2S. The van der Waals surface area contributed by atoms with E-state index in [1.165, 1.54) is 12.1 Å². The van der Waals surface area contributed by atoms with E-state index in [2.05, 4.69) is 0 Å². The van der Waals surface area contributed by atoms with Crippen LogP contribution in [0.4, 0.5) is 4.39 Å². The van der Waals surface area contributed by atoms with Gasteiger partial charge in [0.1, 0.15) is 5.82 Å². The number of benzene rings is 1. The third-order valence-corrected chi connectivity index (χ3v) is 4.45. The van der Waals surface area contributed by atoms with Crippen LogP contribution in [0, 0.1) is 5.82 Å². The van der Waals surface area contributed by atoms with Crippen LogP contribution in [0.3, 0.4) is 0 Å². The molecule has 0 radical (unpaired) electrons. The van der Waals surface area contributed by atoms with Gasteiger partial charge in [-0.25, -0.2) is 12.8 Å². The standard InChI is InChI=1S/C10H12FNO2S/c11-8-3-1-7(2-4-8)9-5-15(13,14)6-10(9)12/h1-4,9-10H,5-6,12H2. The largest absolute Gasteiger partial charge is 0.326 e. The summed E-state index contributed by atoms with van der Waals surface area (Å²) in [5, 5.41) is 0. The van der Waals surface area contributed by atoms with E-state index in [9.17, 15) is 12.8 Å². The lowest BCUT2D eigenvalue weighted by molar-refractivity contribution is 0.601. The van der Waals surface area contributed by atoms with E-state index in [4.69, 9.17) is 5.73 Å². The van der Waals surface area contributed by atoms with Crippen LogP contribution in [0.2, 0.25) is 0 Å². The van der Waals surface area contributed by atoms with Crippen molar-refractivity contribution in [1.29, 1.82) is 0 Å². The van der Waals surface area contributed by atoms with Gasteiger partial charge < -0.3 is 5.73 Å². The van der Waals surface area contributed by atoms with Gasteiger partial charge in [0.2, 0.25) is 0 Å². The number of sulfone groups is 1. The smallest absolute Gasteiger partial charge is 0.152 e. The van der Waals surface area contributed by atoms with Crippen molar-refractivity contribution in [2.75, 3.05) is 11.5 Å². The minimum atomic E-state index is -3.02. The van der Waals surface area contributed by atoms with Crippen molar-refractivity contribution < 1.29 is 12.8 Å². The maximum Gasteiger partial charge on any atom is 0.152 e. The number of nitrogens with two attached hydrogens (primary N) is 1. The molecule has 82 valence electrons. The van der Waals surface area contributed by atoms with Crippen LogP contribution in [0.15, 0.2) is 24.3 Å². The van der Waals surface area contributed by atoms with E-state index in [0.29, 0.717) is 0 Å². The lowest BCUT2D eigenvalue weighted by Crippen LogP contribution is -2.27. The molecule has 1 aliphatic heterocycles. The predicted octanol–water partition coefficient (Wildman–Crippen LogP) is 0.665. The molecule has 2 unspecified atom stereocenters. The van der Waals surface area contributed by atoms with Crippen LogP contribution < -0.4 is 5.73 Å². The molecule has 0 aliphatic carbocycles. The molecule has 1 aliphatic rings. The van der Waals surface area contributed by atoms with Crippen molar-refractivity contribution in [3.05, 3.63) is 35.6 Å². The van der Waals surface area contributed by atoms with Gasteiger partial charge in [-0.2, -0.15) is 0 Å². The average Bonchev–Trinajstić information content (AvgIpc) is 2.41. The summed E-state index contributed by atoms with van der Waals surface area (Å²) in [4.78, 5) is 0. The first-order valence-electron chi connectivity index (χ1n) is 4.69. The van der Waals surface area contributed by atoms with Crippen LogP contribution in [0.25, 0.3) is 0 Å². The molecule has 0 saturated carbocycles. The first-order valence-corrected chi connectivity index (χ1v) is 6.51. The molecule has 0 amide bonds. The van der Waals surface area contributed by atoms with Gasteiger partial charge in [-0.1, -0.05) is 12.1 Å². The molecule has 1 fully saturated rings. The van der Waals surface area contributed by atoms with Crippen molar-refractivity contribution in [1.82, 2.24) is 0 Å². The first-order chi connectivity index (χ1) is 6.98. The molecule has 3 nitrogen and oxygen atoms in total. The Morgan fingerprint density at radius 1 is 1.20 bits per heavy atom.